The summed E-state index contributed by atoms with van der Waals surface area (Å²) in [5, 5.41) is 18.1. The third kappa shape index (κ3) is 22.0. The molecule has 0 aromatic heterocycles. The van der Waals surface area contributed by atoms with Crippen LogP contribution in [0.15, 0.2) is 176 Å². The molecule has 29 heteroatoms. The lowest BCUT2D eigenvalue weighted by Gasteiger charge is -2.53. The van der Waals surface area contributed by atoms with Gasteiger partial charge in [-0.25, -0.2) is 4.79 Å². The Bertz CT molecular complexity index is 3800. The lowest BCUT2D eigenvalue weighted by molar-refractivity contribution is -0.413. The molecule has 4 aliphatic rings. The van der Waals surface area contributed by atoms with Crippen molar-refractivity contribution in [1.29, 1.82) is 0 Å². The first kappa shape index (κ1) is 78.5. The van der Waals surface area contributed by atoms with Gasteiger partial charge in [-0.3, -0.25) is 28.8 Å². The van der Waals surface area contributed by atoms with Gasteiger partial charge in [0.2, 0.25) is 5.91 Å². The first-order valence-corrected chi connectivity index (χ1v) is 34.0. The lowest BCUT2D eigenvalue weighted by atomic mass is 9.87. The van der Waals surface area contributed by atoms with E-state index in [4.69, 9.17) is 75.8 Å². The minimum Gasteiger partial charge on any atom is -0.462 e. The van der Waals surface area contributed by atoms with Crippen molar-refractivity contribution in [3.8, 4) is 0 Å². The second-order valence-electron chi connectivity index (χ2n) is 25.2. The first-order valence-electron chi connectivity index (χ1n) is 34.0. The van der Waals surface area contributed by atoms with Gasteiger partial charge in [0.15, 0.2) is 31.1 Å². The van der Waals surface area contributed by atoms with E-state index in [1.165, 1.54) is 24.3 Å². The first-order chi connectivity index (χ1) is 50.5. The fourth-order valence-electron chi connectivity index (χ4n) is 12.5. The molecule has 10 rings (SSSR count). The maximum atomic E-state index is 15.9. The second kappa shape index (κ2) is 37.3. The maximum Gasteiger partial charge on any atom is 0.471 e. The van der Waals surface area contributed by atoms with Crippen LogP contribution in [-0.2, 0) is 142 Å². The van der Waals surface area contributed by atoms with Gasteiger partial charge in [-0.1, -0.05) is 164 Å². The summed E-state index contributed by atoms with van der Waals surface area (Å²) in [6.45, 7) is 3.19. The molecule has 0 radical (unpaired) electrons. The van der Waals surface area contributed by atoms with Gasteiger partial charge in [-0.2, -0.15) is 13.2 Å². The molecule has 3 N–H and O–H groups in total. The van der Waals surface area contributed by atoms with E-state index >= 15 is 4.79 Å². The number of esters is 5. The summed E-state index contributed by atoms with van der Waals surface area (Å²) in [6.07, 6.45) is -29.8. The van der Waals surface area contributed by atoms with E-state index in [0.29, 0.717) is 22.3 Å². The number of ether oxygens (including phenoxy) is 16. The van der Waals surface area contributed by atoms with E-state index in [1.54, 1.807) is 60.7 Å². The Hall–Kier alpha value is -9.08. The van der Waals surface area contributed by atoms with E-state index in [0.717, 1.165) is 45.7 Å². The van der Waals surface area contributed by atoms with E-state index in [1.807, 2.05) is 96.3 Å². The summed E-state index contributed by atoms with van der Waals surface area (Å²) in [5.74, 6) is -11.1. The average Bonchev–Trinajstić information content (AvgIpc) is 0.740. The number of hydrogen-bond donors (Lipinski definition) is 3. The van der Waals surface area contributed by atoms with Gasteiger partial charge < -0.3 is 91.5 Å². The number of halogens is 3. The molecule has 0 bridgehead atoms. The van der Waals surface area contributed by atoms with E-state index in [2.05, 4.69) is 5.32 Å². The highest BCUT2D eigenvalue weighted by atomic mass is 19.4. The normalized spacial score (nSPS) is 26.4. The molecule has 4 heterocycles. The highest BCUT2D eigenvalue weighted by molar-refractivity contribution is 5.94. The SMILES string of the molecule is CC(=O)N[C@H]1[C@H]([C@H](OC(C)=O)[C@@H](COC(C)=O)OC(C)=O)OC(O[C@@H]2[C@@H](O)[C@H](O[C@H]3[C@H](OCc4ccccc4)[C@@H](OCc4ccccc4)[C@H](OCCc4ccc(NC(=O)C(F)(F)F)cc4)O[C@@H]3COCc3ccccc3)O[C@@H]3COC(c4ccccc4)O[C@H]23)(C(=O)OCc2ccccc2)C[C@@H]1OC(C)=O. The number of hydrogen-bond acceptors (Lipinski definition) is 24. The second-order valence-corrected chi connectivity index (χ2v) is 25.2. The molecule has 6 aromatic carbocycles. The highest BCUT2D eigenvalue weighted by Gasteiger charge is 2.64. The summed E-state index contributed by atoms with van der Waals surface area (Å²) < 4.78 is 144. The quantitative estimate of drug-likeness (QED) is 0.0275. The number of rotatable bonds is 31. The molecule has 4 aliphatic heterocycles. The number of alkyl halides is 3. The number of nitrogens with one attached hydrogen (secondary N) is 2. The summed E-state index contributed by atoms with van der Waals surface area (Å²) >= 11 is 0. The zero-order valence-electron chi connectivity index (χ0n) is 58.0. The number of benzene rings is 6. The monoisotopic (exact) mass is 1460 g/mol. The zero-order chi connectivity index (χ0) is 74.6. The molecule has 17 atom stereocenters. The topological polar surface area (TPSA) is 311 Å². The van der Waals surface area contributed by atoms with Crippen molar-refractivity contribution in [2.45, 2.75) is 184 Å². The molecule has 26 nitrogen and oxygen atoms in total. The molecular weight excluding hydrogens is 1380 g/mol. The molecule has 6 aromatic rings. The molecule has 2 unspecified atom stereocenters. The van der Waals surface area contributed by atoms with Crippen molar-refractivity contribution in [3.63, 3.8) is 0 Å². The minimum absolute atomic E-state index is 0.0472. The van der Waals surface area contributed by atoms with Gasteiger partial charge >= 0.3 is 41.9 Å². The third-order valence-electron chi connectivity index (χ3n) is 17.2. The highest BCUT2D eigenvalue weighted by Crippen LogP contribution is 2.44. The molecule has 4 fully saturated rings. The Morgan fingerprint density at radius 1 is 0.590 bits per heavy atom. The maximum absolute atomic E-state index is 15.9. The average molecular weight is 1470 g/mol. The number of carbonyl (C=O) groups is 7. The van der Waals surface area contributed by atoms with Crippen LogP contribution in [0.1, 0.15) is 80.7 Å². The van der Waals surface area contributed by atoms with Gasteiger partial charge in [0.05, 0.1) is 52.1 Å². The smallest absolute Gasteiger partial charge is 0.462 e. The largest absolute Gasteiger partial charge is 0.471 e. The van der Waals surface area contributed by atoms with Crippen LogP contribution < -0.4 is 10.6 Å². The predicted molar refractivity (Wildman–Crippen MR) is 359 cm³/mol. The molecule has 0 aliphatic carbocycles. The number of fused-ring (bicyclic) bond motifs is 1. The van der Waals surface area contributed by atoms with Crippen LogP contribution in [0.3, 0.4) is 0 Å². The van der Waals surface area contributed by atoms with Gasteiger partial charge in [-0.15, -0.1) is 0 Å². The number of aliphatic hydroxyl groups excluding tert-OH is 1. The zero-order valence-corrected chi connectivity index (χ0v) is 58.0. The van der Waals surface area contributed by atoms with Crippen LogP contribution in [0.25, 0.3) is 0 Å². The minimum atomic E-state index is -5.12. The van der Waals surface area contributed by atoms with Crippen LogP contribution in [0.4, 0.5) is 18.9 Å². The molecule has 105 heavy (non-hydrogen) atoms. The van der Waals surface area contributed by atoms with Gasteiger partial charge in [0.1, 0.15) is 74.3 Å². The van der Waals surface area contributed by atoms with Crippen LogP contribution in [0.2, 0.25) is 0 Å². The Morgan fingerprint density at radius 3 is 1.72 bits per heavy atom. The predicted octanol–water partition coefficient (Wildman–Crippen LogP) is 7.92. The van der Waals surface area contributed by atoms with Gasteiger partial charge in [0.25, 0.3) is 5.79 Å². The van der Waals surface area contributed by atoms with Gasteiger partial charge in [-0.05, 0) is 46.4 Å². The molecule has 0 spiro atoms. The summed E-state index contributed by atoms with van der Waals surface area (Å²) in [4.78, 5) is 93.5. The number of amides is 2. The van der Waals surface area contributed by atoms with Crippen LogP contribution in [-0.4, -0.2) is 177 Å². The molecule has 0 saturated carbocycles. The van der Waals surface area contributed by atoms with E-state index in [-0.39, 0.29) is 51.7 Å². The van der Waals surface area contributed by atoms with Crippen molar-refractivity contribution in [2.24, 2.45) is 0 Å². The summed E-state index contributed by atoms with van der Waals surface area (Å²) in [7, 11) is 0. The molecule has 562 valence electrons. The van der Waals surface area contributed by atoms with Crippen molar-refractivity contribution in [2.75, 3.05) is 31.7 Å². The lowest BCUT2D eigenvalue weighted by Crippen LogP contribution is -2.72. The van der Waals surface area contributed by atoms with E-state index in [9.17, 15) is 47.0 Å². The van der Waals surface area contributed by atoms with Gasteiger partial charge in [0, 0.05) is 45.9 Å². The summed E-state index contributed by atoms with van der Waals surface area (Å²) in [5.41, 5.74) is 3.67. The Labute approximate surface area is 603 Å². The van der Waals surface area contributed by atoms with Crippen LogP contribution in [0.5, 0.6) is 0 Å². The third-order valence-corrected chi connectivity index (χ3v) is 17.2. The molecular formula is C76H83F3N2O24. The van der Waals surface area contributed by atoms with Crippen molar-refractivity contribution in [3.05, 3.63) is 209 Å². The van der Waals surface area contributed by atoms with E-state index < -0.39 is 171 Å². The Balaban J connectivity index is 1.09. The summed E-state index contributed by atoms with van der Waals surface area (Å²) in [6, 6.07) is 48.6. The number of aliphatic hydroxyl groups is 1. The van der Waals surface area contributed by atoms with Crippen molar-refractivity contribution in [1.82, 2.24) is 5.32 Å². The van der Waals surface area contributed by atoms with Crippen LogP contribution >= 0.6 is 0 Å². The number of anilines is 1. The van der Waals surface area contributed by atoms with Crippen LogP contribution in [0, 0.1) is 0 Å². The molecule has 2 amide bonds. The molecule has 4 saturated heterocycles. The fraction of sp³-hybridized carbons (Fsp3) is 0.434. The Morgan fingerprint density at radius 2 is 1.16 bits per heavy atom. The fourth-order valence-corrected chi connectivity index (χ4v) is 12.5. The number of carbonyl (C=O) groups excluding carboxylic acids is 7. The van der Waals surface area contributed by atoms with Crippen molar-refractivity contribution >= 4 is 47.3 Å². The standard InChI is InChI=1S/C76H83F3N2O24/c1-45(82)80-61-57(97-47(3)84)37-75(74(89)96-41-54-27-17-9-18-28-54,104-66(61)63(99-49(5)86)59(98-48(4)85)43-92-46(2)83)105-67-62(87)71(100-60-44-95-70(102-64(60)67)55-29-19-10-20-30-55)103-65-58(42-90-38-51-21-11-6-12-22-51)101-72(91-36-35-50-31-33-56(34-32-50)81-73(88)76(77,78)79)69(94-40-53-25-15-8-16-26-53)68(65)93-39-52-23-13-7-14-24-52/h6-34,57-72,87H,35-44H2,1-5H3,(H,80,82)(H,81,88)/t57-,58+,59+,60+,61+,62+,63+,64-,65+,66+,67+,68-,69+,70?,71-,72+,75?/m0/s1. The van der Waals surface area contributed by atoms with Crippen molar-refractivity contribution < 1.29 is 128 Å². The Kier molecular flexibility index (Phi) is 27.9.